The van der Waals surface area contributed by atoms with Crippen LogP contribution in [0.2, 0.25) is 0 Å². The van der Waals surface area contributed by atoms with Gasteiger partial charge in [0.05, 0.1) is 5.52 Å². The van der Waals surface area contributed by atoms with Gasteiger partial charge in [0, 0.05) is 31.1 Å². The maximum absolute atomic E-state index is 6.09. The van der Waals surface area contributed by atoms with E-state index in [1.54, 1.807) is 0 Å². The van der Waals surface area contributed by atoms with E-state index in [1.165, 1.54) is 5.56 Å². The highest BCUT2D eigenvalue weighted by atomic mass is 15.2. The van der Waals surface area contributed by atoms with Gasteiger partial charge < -0.3 is 11.1 Å². The second-order valence-electron chi connectivity index (χ2n) is 6.86. The van der Waals surface area contributed by atoms with Crippen molar-refractivity contribution in [3.8, 4) is 0 Å². The lowest BCUT2D eigenvalue weighted by Crippen LogP contribution is -2.29. The van der Waals surface area contributed by atoms with Crippen molar-refractivity contribution in [1.29, 1.82) is 0 Å². The molecule has 2 heterocycles. The van der Waals surface area contributed by atoms with E-state index in [2.05, 4.69) is 57.4 Å². The summed E-state index contributed by atoms with van der Waals surface area (Å²) in [4.78, 5) is 11.5. The normalized spacial score (nSPS) is 20.8. The first-order chi connectivity index (χ1) is 12.2. The van der Waals surface area contributed by atoms with E-state index in [9.17, 15) is 0 Å². The van der Waals surface area contributed by atoms with E-state index in [4.69, 9.17) is 5.73 Å². The number of nitrogens with zero attached hydrogens (tertiary/aromatic N) is 3. The topological polar surface area (TPSA) is 67.1 Å². The summed E-state index contributed by atoms with van der Waals surface area (Å²) in [5, 5.41) is 4.40. The van der Waals surface area contributed by atoms with Crippen LogP contribution in [0.4, 0.5) is 11.8 Å². The van der Waals surface area contributed by atoms with E-state index in [-0.39, 0.29) is 0 Å². The molecule has 1 aliphatic rings. The molecule has 2 atom stereocenters. The molecule has 0 amide bonds. The standard InChI is InChI=1S/C20H23N5/c1-14-11-25(12-15-7-3-2-4-8-15)13-18(14)23-20-22-17-10-6-5-9-16(17)19(21)24-20/h2-10,14,18H,11-13H2,1H3,(H3,21,22,23,24). The van der Waals surface area contributed by atoms with Crippen molar-refractivity contribution in [3.05, 3.63) is 60.2 Å². The van der Waals surface area contributed by atoms with Gasteiger partial charge >= 0.3 is 0 Å². The Morgan fingerprint density at radius 3 is 2.64 bits per heavy atom. The van der Waals surface area contributed by atoms with Gasteiger partial charge in [0.25, 0.3) is 0 Å². The summed E-state index contributed by atoms with van der Waals surface area (Å²) in [6.45, 7) is 5.29. The van der Waals surface area contributed by atoms with Crippen LogP contribution in [0.25, 0.3) is 10.9 Å². The Hall–Kier alpha value is -2.66. The summed E-state index contributed by atoms with van der Waals surface area (Å²) in [7, 11) is 0. The highest BCUT2D eigenvalue weighted by Gasteiger charge is 2.30. The Morgan fingerprint density at radius 1 is 1.04 bits per heavy atom. The van der Waals surface area contributed by atoms with Crippen molar-refractivity contribution < 1.29 is 0 Å². The van der Waals surface area contributed by atoms with Crippen LogP contribution >= 0.6 is 0 Å². The van der Waals surface area contributed by atoms with Crippen LogP contribution in [-0.2, 0) is 6.54 Å². The molecule has 3 N–H and O–H groups in total. The van der Waals surface area contributed by atoms with Gasteiger partial charge in [-0.1, -0.05) is 49.4 Å². The molecule has 0 bridgehead atoms. The fourth-order valence-corrected chi connectivity index (χ4v) is 3.56. The summed E-state index contributed by atoms with van der Waals surface area (Å²) in [5.41, 5.74) is 8.32. The van der Waals surface area contributed by atoms with Crippen LogP contribution in [0, 0.1) is 5.92 Å². The lowest BCUT2D eigenvalue weighted by molar-refractivity contribution is 0.319. The zero-order valence-corrected chi connectivity index (χ0v) is 14.4. The zero-order valence-electron chi connectivity index (χ0n) is 14.4. The molecule has 0 saturated carbocycles. The minimum Gasteiger partial charge on any atom is -0.383 e. The van der Waals surface area contributed by atoms with Crippen LogP contribution in [0.15, 0.2) is 54.6 Å². The molecule has 1 saturated heterocycles. The van der Waals surface area contributed by atoms with Gasteiger partial charge in [0.15, 0.2) is 0 Å². The largest absolute Gasteiger partial charge is 0.383 e. The highest BCUT2D eigenvalue weighted by molar-refractivity contribution is 5.88. The van der Waals surface area contributed by atoms with Crippen molar-refractivity contribution in [2.75, 3.05) is 24.1 Å². The molecule has 25 heavy (non-hydrogen) atoms. The van der Waals surface area contributed by atoms with Gasteiger partial charge in [-0.15, -0.1) is 0 Å². The molecule has 0 spiro atoms. The van der Waals surface area contributed by atoms with E-state index in [0.29, 0.717) is 23.7 Å². The van der Waals surface area contributed by atoms with Gasteiger partial charge in [0.1, 0.15) is 5.82 Å². The summed E-state index contributed by atoms with van der Waals surface area (Å²) in [6, 6.07) is 18.8. The Bertz CT molecular complexity index is 864. The molecule has 0 radical (unpaired) electrons. The predicted molar refractivity (Wildman–Crippen MR) is 102 cm³/mol. The first-order valence-corrected chi connectivity index (χ1v) is 8.74. The van der Waals surface area contributed by atoms with Crippen molar-refractivity contribution in [1.82, 2.24) is 14.9 Å². The number of nitrogens with one attached hydrogen (secondary N) is 1. The number of rotatable bonds is 4. The molecule has 1 aromatic heterocycles. The van der Waals surface area contributed by atoms with Gasteiger partial charge in [-0.05, 0) is 23.6 Å². The maximum atomic E-state index is 6.09. The second-order valence-corrected chi connectivity index (χ2v) is 6.86. The number of hydrogen-bond donors (Lipinski definition) is 2. The predicted octanol–water partition coefficient (Wildman–Crippen LogP) is 3.14. The zero-order chi connectivity index (χ0) is 17.2. The van der Waals surface area contributed by atoms with Crippen LogP contribution < -0.4 is 11.1 Å². The van der Waals surface area contributed by atoms with Crippen LogP contribution in [0.3, 0.4) is 0 Å². The molecule has 1 aliphatic heterocycles. The number of hydrogen-bond acceptors (Lipinski definition) is 5. The third-order valence-corrected chi connectivity index (χ3v) is 4.88. The molecule has 3 aromatic rings. The van der Waals surface area contributed by atoms with Crippen LogP contribution in [0.1, 0.15) is 12.5 Å². The number of aromatic nitrogens is 2. The van der Waals surface area contributed by atoms with E-state index < -0.39 is 0 Å². The minimum atomic E-state index is 0.323. The summed E-state index contributed by atoms with van der Waals surface area (Å²) < 4.78 is 0. The first-order valence-electron chi connectivity index (χ1n) is 8.74. The van der Waals surface area contributed by atoms with Crippen molar-refractivity contribution >= 4 is 22.7 Å². The maximum Gasteiger partial charge on any atom is 0.225 e. The average molecular weight is 333 g/mol. The monoisotopic (exact) mass is 333 g/mol. The van der Waals surface area contributed by atoms with Crippen molar-refractivity contribution in [3.63, 3.8) is 0 Å². The fourth-order valence-electron chi connectivity index (χ4n) is 3.56. The lowest BCUT2D eigenvalue weighted by Gasteiger charge is -2.18. The third kappa shape index (κ3) is 3.42. The highest BCUT2D eigenvalue weighted by Crippen LogP contribution is 2.24. The molecule has 0 aliphatic carbocycles. The summed E-state index contributed by atoms with van der Waals surface area (Å²) >= 11 is 0. The van der Waals surface area contributed by atoms with Gasteiger partial charge in [-0.25, -0.2) is 4.98 Å². The number of nitrogens with two attached hydrogens (primary N) is 1. The van der Waals surface area contributed by atoms with E-state index in [0.717, 1.165) is 30.5 Å². The number of nitrogen functional groups attached to an aromatic ring is 1. The number of para-hydroxylation sites is 1. The molecule has 2 aromatic carbocycles. The second kappa shape index (κ2) is 6.69. The smallest absolute Gasteiger partial charge is 0.225 e. The number of fused-ring (bicyclic) bond motifs is 1. The van der Waals surface area contributed by atoms with E-state index in [1.807, 2.05) is 24.3 Å². The Balaban J connectivity index is 1.47. The Kier molecular flexibility index (Phi) is 4.24. The molecule has 1 fully saturated rings. The van der Waals surface area contributed by atoms with Gasteiger partial charge in [-0.2, -0.15) is 4.98 Å². The Labute approximate surface area is 147 Å². The van der Waals surface area contributed by atoms with Crippen LogP contribution in [-0.4, -0.2) is 34.0 Å². The molecular weight excluding hydrogens is 310 g/mol. The van der Waals surface area contributed by atoms with Crippen molar-refractivity contribution in [2.45, 2.75) is 19.5 Å². The SMILES string of the molecule is CC1CN(Cc2ccccc2)CC1Nc1nc(N)c2ccccc2n1. The summed E-state index contributed by atoms with van der Waals surface area (Å²) in [6.07, 6.45) is 0. The number of benzene rings is 2. The van der Waals surface area contributed by atoms with Gasteiger partial charge in [0.2, 0.25) is 5.95 Å². The Morgan fingerprint density at radius 2 is 1.80 bits per heavy atom. The van der Waals surface area contributed by atoms with Gasteiger partial charge in [-0.3, -0.25) is 4.90 Å². The lowest BCUT2D eigenvalue weighted by atomic mass is 10.1. The third-order valence-electron chi connectivity index (χ3n) is 4.88. The first kappa shape index (κ1) is 15.8. The number of likely N-dealkylation sites (tertiary alicyclic amines) is 1. The molecular formula is C20H23N5. The number of anilines is 2. The molecule has 128 valence electrons. The minimum absolute atomic E-state index is 0.323. The molecule has 5 heteroatoms. The molecule has 2 unspecified atom stereocenters. The molecule has 5 nitrogen and oxygen atoms in total. The summed E-state index contributed by atoms with van der Waals surface area (Å²) in [5.74, 6) is 1.68. The van der Waals surface area contributed by atoms with E-state index >= 15 is 0 Å². The van der Waals surface area contributed by atoms with Crippen LogP contribution in [0.5, 0.6) is 0 Å². The van der Waals surface area contributed by atoms with Crippen molar-refractivity contribution in [2.24, 2.45) is 5.92 Å². The fraction of sp³-hybridized carbons (Fsp3) is 0.300. The average Bonchev–Trinajstić information content (AvgIpc) is 2.95. The quantitative estimate of drug-likeness (QED) is 0.768. The molecule has 4 rings (SSSR count).